The number of hydrogen-bond acceptors (Lipinski definition) is 3. The van der Waals surface area contributed by atoms with E-state index in [1.54, 1.807) is 0 Å². The van der Waals surface area contributed by atoms with Gasteiger partial charge < -0.3 is 15.4 Å². The fraction of sp³-hybridized carbons (Fsp3) is 0.571. The second kappa shape index (κ2) is 5.07. The SMILES string of the molecule is CC(C)(C)NCCNC1COc2ccccc21. The Labute approximate surface area is 104 Å². The summed E-state index contributed by atoms with van der Waals surface area (Å²) < 4.78 is 5.63. The van der Waals surface area contributed by atoms with Crippen LogP contribution in [0.2, 0.25) is 0 Å². The van der Waals surface area contributed by atoms with Crippen LogP contribution in [-0.4, -0.2) is 25.2 Å². The van der Waals surface area contributed by atoms with Crippen LogP contribution in [0.25, 0.3) is 0 Å². The predicted octanol–water partition coefficient (Wildman–Crippen LogP) is 2.10. The summed E-state index contributed by atoms with van der Waals surface area (Å²) in [4.78, 5) is 0. The van der Waals surface area contributed by atoms with Crippen LogP contribution in [0.1, 0.15) is 32.4 Å². The molecule has 0 spiro atoms. The Morgan fingerprint density at radius 1 is 1.24 bits per heavy atom. The van der Waals surface area contributed by atoms with Crippen LogP contribution >= 0.6 is 0 Å². The van der Waals surface area contributed by atoms with E-state index in [4.69, 9.17) is 4.74 Å². The highest BCUT2D eigenvalue weighted by atomic mass is 16.5. The van der Waals surface area contributed by atoms with Crippen LogP contribution in [-0.2, 0) is 0 Å². The molecule has 3 nitrogen and oxygen atoms in total. The zero-order chi connectivity index (χ0) is 12.3. The Kier molecular flexibility index (Phi) is 3.69. The first-order chi connectivity index (χ1) is 8.06. The third-order valence-corrected chi connectivity index (χ3v) is 2.87. The predicted molar refractivity (Wildman–Crippen MR) is 70.4 cm³/mol. The summed E-state index contributed by atoms with van der Waals surface area (Å²) in [5.74, 6) is 1.02. The minimum atomic E-state index is 0.186. The van der Waals surface area contributed by atoms with Crippen molar-refractivity contribution in [1.29, 1.82) is 0 Å². The van der Waals surface area contributed by atoms with E-state index < -0.39 is 0 Å². The summed E-state index contributed by atoms with van der Waals surface area (Å²) in [7, 11) is 0. The summed E-state index contributed by atoms with van der Waals surface area (Å²) in [6, 6.07) is 8.59. The molecule has 1 heterocycles. The molecule has 2 rings (SSSR count). The van der Waals surface area contributed by atoms with Gasteiger partial charge in [0.25, 0.3) is 0 Å². The van der Waals surface area contributed by atoms with E-state index in [0.717, 1.165) is 25.4 Å². The maximum Gasteiger partial charge on any atom is 0.124 e. The van der Waals surface area contributed by atoms with E-state index in [-0.39, 0.29) is 5.54 Å². The lowest BCUT2D eigenvalue weighted by atomic mass is 10.1. The van der Waals surface area contributed by atoms with Gasteiger partial charge in [0.15, 0.2) is 0 Å². The average molecular weight is 234 g/mol. The fourth-order valence-electron chi connectivity index (χ4n) is 2.02. The monoisotopic (exact) mass is 234 g/mol. The minimum absolute atomic E-state index is 0.186. The lowest BCUT2D eigenvalue weighted by Gasteiger charge is -2.21. The molecule has 1 unspecified atom stereocenters. The molecule has 17 heavy (non-hydrogen) atoms. The van der Waals surface area contributed by atoms with E-state index in [1.807, 2.05) is 12.1 Å². The summed E-state index contributed by atoms with van der Waals surface area (Å²) in [6.45, 7) is 9.22. The number of fused-ring (bicyclic) bond motifs is 1. The first kappa shape index (κ1) is 12.4. The molecule has 1 aromatic carbocycles. The molecule has 0 amide bonds. The maximum atomic E-state index is 5.63. The number of rotatable bonds is 4. The number of nitrogens with one attached hydrogen (secondary N) is 2. The molecule has 0 saturated heterocycles. The molecule has 94 valence electrons. The van der Waals surface area contributed by atoms with Crippen molar-refractivity contribution in [2.24, 2.45) is 0 Å². The second-order valence-electron chi connectivity index (χ2n) is 5.53. The molecule has 3 heteroatoms. The van der Waals surface area contributed by atoms with Crippen LogP contribution in [0.3, 0.4) is 0 Å². The van der Waals surface area contributed by atoms with Crippen LogP contribution in [0.5, 0.6) is 5.75 Å². The van der Waals surface area contributed by atoms with E-state index >= 15 is 0 Å². The molecule has 0 radical (unpaired) electrons. The first-order valence-corrected chi connectivity index (χ1v) is 6.26. The van der Waals surface area contributed by atoms with Gasteiger partial charge in [-0.2, -0.15) is 0 Å². The van der Waals surface area contributed by atoms with Gasteiger partial charge in [-0.1, -0.05) is 18.2 Å². The molecule has 0 aliphatic carbocycles. The van der Waals surface area contributed by atoms with E-state index in [2.05, 4.69) is 43.5 Å². The second-order valence-corrected chi connectivity index (χ2v) is 5.53. The largest absolute Gasteiger partial charge is 0.491 e. The van der Waals surface area contributed by atoms with Crippen LogP contribution in [0.15, 0.2) is 24.3 Å². The molecule has 0 bridgehead atoms. The molecule has 0 fully saturated rings. The van der Waals surface area contributed by atoms with Crippen LogP contribution < -0.4 is 15.4 Å². The lowest BCUT2D eigenvalue weighted by molar-refractivity contribution is 0.308. The Morgan fingerprint density at radius 3 is 2.76 bits per heavy atom. The normalized spacial score (nSPS) is 18.9. The van der Waals surface area contributed by atoms with E-state index in [0.29, 0.717) is 6.04 Å². The van der Waals surface area contributed by atoms with Gasteiger partial charge in [-0.15, -0.1) is 0 Å². The number of ether oxygens (including phenoxy) is 1. The van der Waals surface area contributed by atoms with Gasteiger partial charge in [-0.3, -0.25) is 0 Å². The van der Waals surface area contributed by atoms with Crippen molar-refractivity contribution in [1.82, 2.24) is 10.6 Å². The zero-order valence-corrected chi connectivity index (χ0v) is 10.9. The number of hydrogen-bond donors (Lipinski definition) is 2. The van der Waals surface area contributed by atoms with Crippen molar-refractivity contribution >= 4 is 0 Å². The van der Waals surface area contributed by atoms with E-state index in [9.17, 15) is 0 Å². The molecule has 1 aliphatic heterocycles. The van der Waals surface area contributed by atoms with Gasteiger partial charge in [0.2, 0.25) is 0 Å². The highest BCUT2D eigenvalue weighted by Gasteiger charge is 2.22. The van der Waals surface area contributed by atoms with Crippen LogP contribution in [0.4, 0.5) is 0 Å². The first-order valence-electron chi connectivity index (χ1n) is 6.26. The maximum absolute atomic E-state index is 5.63. The fourth-order valence-corrected chi connectivity index (χ4v) is 2.02. The molecular weight excluding hydrogens is 212 g/mol. The Morgan fingerprint density at radius 2 is 2.00 bits per heavy atom. The van der Waals surface area contributed by atoms with Gasteiger partial charge in [-0.05, 0) is 26.8 Å². The number of para-hydroxylation sites is 1. The molecular formula is C14H22N2O. The standard InChI is InChI=1S/C14H22N2O/c1-14(2,3)16-9-8-15-12-10-17-13-7-5-4-6-11(12)13/h4-7,12,15-16H,8-10H2,1-3H3. The van der Waals surface area contributed by atoms with Crippen molar-refractivity contribution in [3.8, 4) is 5.75 Å². The average Bonchev–Trinajstić information content (AvgIpc) is 2.67. The zero-order valence-electron chi connectivity index (χ0n) is 10.9. The molecule has 1 aliphatic rings. The van der Waals surface area contributed by atoms with Gasteiger partial charge >= 0.3 is 0 Å². The molecule has 0 saturated carbocycles. The number of benzene rings is 1. The van der Waals surface area contributed by atoms with Crippen molar-refractivity contribution < 1.29 is 4.74 Å². The highest BCUT2D eigenvalue weighted by molar-refractivity contribution is 5.39. The summed E-state index contributed by atoms with van der Waals surface area (Å²) >= 11 is 0. The Bertz CT molecular complexity index is 371. The third kappa shape index (κ3) is 3.45. The van der Waals surface area contributed by atoms with Crippen LogP contribution in [0, 0.1) is 0 Å². The van der Waals surface area contributed by atoms with Gasteiger partial charge in [0, 0.05) is 24.2 Å². The van der Waals surface area contributed by atoms with Gasteiger partial charge in [-0.25, -0.2) is 0 Å². The molecule has 0 aromatic heterocycles. The quantitative estimate of drug-likeness (QED) is 0.783. The van der Waals surface area contributed by atoms with Crippen molar-refractivity contribution in [3.05, 3.63) is 29.8 Å². The van der Waals surface area contributed by atoms with Gasteiger partial charge in [0.05, 0.1) is 6.04 Å². The lowest BCUT2D eigenvalue weighted by Crippen LogP contribution is -2.40. The topological polar surface area (TPSA) is 33.3 Å². The van der Waals surface area contributed by atoms with E-state index in [1.165, 1.54) is 5.56 Å². The third-order valence-electron chi connectivity index (χ3n) is 2.87. The van der Waals surface area contributed by atoms with Crippen molar-refractivity contribution in [2.75, 3.05) is 19.7 Å². The van der Waals surface area contributed by atoms with Crippen molar-refractivity contribution in [2.45, 2.75) is 32.4 Å². The van der Waals surface area contributed by atoms with Crippen molar-refractivity contribution in [3.63, 3.8) is 0 Å². The highest BCUT2D eigenvalue weighted by Crippen LogP contribution is 2.31. The minimum Gasteiger partial charge on any atom is -0.491 e. The molecule has 1 atom stereocenters. The summed E-state index contributed by atoms with van der Waals surface area (Å²) in [6.07, 6.45) is 0. The van der Waals surface area contributed by atoms with Gasteiger partial charge in [0.1, 0.15) is 12.4 Å². The summed E-state index contributed by atoms with van der Waals surface area (Å²) in [5.41, 5.74) is 1.47. The Balaban J connectivity index is 1.78. The molecule has 1 aromatic rings. The Hall–Kier alpha value is -1.06. The smallest absolute Gasteiger partial charge is 0.124 e. The molecule has 2 N–H and O–H groups in total. The summed E-state index contributed by atoms with van der Waals surface area (Å²) in [5, 5.41) is 6.99.